The summed E-state index contributed by atoms with van der Waals surface area (Å²) in [6.45, 7) is 4.28. The quantitative estimate of drug-likeness (QED) is 0.697. The van der Waals surface area contributed by atoms with Crippen LogP contribution in [0.15, 0.2) is 0 Å². The van der Waals surface area contributed by atoms with E-state index in [0.717, 1.165) is 17.9 Å². The summed E-state index contributed by atoms with van der Waals surface area (Å²) in [5, 5.41) is 3.34. The van der Waals surface area contributed by atoms with Gasteiger partial charge in [-0.25, -0.2) is 8.42 Å². The Balaban J connectivity index is 2.07. The van der Waals surface area contributed by atoms with Gasteiger partial charge in [0.15, 0.2) is 9.84 Å². The molecule has 0 spiro atoms. The second kappa shape index (κ2) is 5.37. The smallest absolute Gasteiger partial charge is 0.153 e. The van der Waals surface area contributed by atoms with Crippen LogP contribution in [0.1, 0.15) is 20.3 Å². The number of sulfone groups is 1. The molecule has 0 bridgehead atoms. The molecule has 3 nitrogen and oxygen atoms in total. The van der Waals surface area contributed by atoms with Crippen LogP contribution in [0.2, 0.25) is 0 Å². The summed E-state index contributed by atoms with van der Waals surface area (Å²) in [7, 11) is -2.67. The van der Waals surface area contributed by atoms with Gasteiger partial charge in [-0.1, -0.05) is 6.92 Å². The topological polar surface area (TPSA) is 46.2 Å². The molecule has 14 heavy (non-hydrogen) atoms. The predicted octanol–water partition coefficient (Wildman–Crippen LogP) is 0.905. The van der Waals surface area contributed by atoms with E-state index in [2.05, 4.69) is 19.2 Å². The van der Waals surface area contributed by atoms with Gasteiger partial charge in [0.1, 0.15) is 0 Å². The van der Waals surface area contributed by atoms with Gasteiger partial charge in [0.05, 0.1) is 11.5 Å². The summed E-state index contributed by atoms with van der Waals surface area (Å²) in [5.74, 6) is 2.98. The molecule has 1 rings (SSSR count). The first-order valence-corrected chi connectivity index (χ1v) is 8.05. The third-order valence-electron chi connectivity index (χ3n) is 2.33. The van der Waals surface area contributed by atoms with Crippen molar-refractivity contribution in [1.29, 1.82) is 0 Å². The van der Waals surface area contributed by atoms with Crippen LogP contribution in [0.25, 0.3) is 0 Å². The molecule has 1 saturated heterocycles. The van der Waals surface area contributed by atoms with E-state index >= 15 is 0 Å². The molecule has 1 fully saturated rings. The molecule has 5 heteroatoms. The Morgan fingerprint density at radius 1 is 1.50 bits per heavy atom. The molecule has 1 unspecified atom stereocenters. The highest BCUT2D eigenvalue weighted by molar-refractivity contribution is 7.99. The minimum atomic E-state index is -2.67. The summed E-state index contributed by atoms with van der Waals surface area (Å²) < 4.78 is 21.8. The number of nitrogens with one attached hydrogen (secondary N) is 1. The molecule has 84 valence electrons. The van der Waals surface area contributed by atoms with Crippen LogP contribution >= 0.6 is 11.8 Å². The lowest BCUT2D eigenvalue weighted by Crippen LogP contribution is -2.53. The first kappa shape index (κ1) is 12.3. The van der Waals surface area contributed by atoms with E-state index < -0.39 is 9.84 Å². The van der Waals surface area contributed by atoms with Gasteiger partial charge in [-0.3, -0.25) is 0 Å². The largest absolute Gasteiger partial charge is 0.309 e. The van der Waals surface area contributed by atoms with Crippen LogP contribution in [-0.4, -0.2) is 43.5 Å². The molecule has 0 saturated carbocycles. The highest BCUT2D eigenvalue weighted by Crippen LogP contribution is 2.12. The van der Waals surface area contributed by atoms with E-state index in [0.29, 0.717) is 17.5 Å². The predicted molar refractivity (Wildman–Crippen MR) is 62.7 cm³/mol. The van der Waals surface area contributed by atoms with E-state index in [1.165, 1.54) is 0 Å². The van der Waals surface area contributed by atoms with E-state index in [1.807, 2.05) is 11.8 Å². The van der Waals surface area contributed by atoms with Crippen molar-refractivity contribution in [3.63, 3.8) is 0 Å². The van der Waals surface area contributed by atoms with Crippen LogP contribution in [0.5, 0.6) is 0 Å². The maximum atomic E-state index is 10.9. The molecule has 0 amide bonds. The molecule has 1 aliphatic heterocycles. The molecule has 1 atom stereocenters. The molecule has 1 N–H and O–H groups in total. The minimum Gasteiger partial charge on any atom is -0.309 e. The Bertz CT molecular complexity index is 252. The Hall–Kier alpha value is 0.260. The van der Waals surface area contributed by atoms with Crippen LogP contribution in [0, 0.1) is 0 Å². The summed E-state index contributed by atoms with van der Waals surface area (Å²) in [4.78, 5) is 0. The SMILES string of the molecule is CCSCCC(C)NC1CS(=O)(=O)C1. The van der Waals surface area contributed by atoms with Crippen molar-refractivity contribution in [3.05, 3.63) is 0 Å². The summed E-state index contributed by atoms with van der Waals surface area (Å²) in [6, 6.07) is 0.649. The van der Waals surface area contributed by atoms with Gasteiger partial charge in [0.25, 0.3) is 0 Å². The first-order chi connectivity index (χ1) is 6.53. The normalized spacial score (nSPS) is 23.0. The van der Waals surface area contributed by atoms with Crippen molar-refractivity contribution in [3.8, 4) is 0 Å². The van der Waals surface area contributed by atoms with Crippen LogP contribution in [-0.2, 0) is 9.84 Å². The number of hydrogen-bond donors (Lipinski definition) is 1. The average Bonchev–Trinajstić information content (AvgIpc) is 2.01. The number of rotatable bonds is 6. The lowest BCUT2D eigenvalue weighted by atomic mass is 10.2. The molecule has 0 aliphatic carbocycles. The average molecular weight is 237 g/mol. The summed E-state index contributed by atoms with van der Waals surface area (Å²) >= 11 is 1.93. The van der Waals surface area contributed by atoms with E-state index in [-0.39, 0.29) is 6.04 Å². The van der Waals surface area contributed by atoms with Gasteiger partial charge in [-0.2, -0.15) is 11.8 Å². The Labute approximate surface area is 91.0 Å². The van der Waals surface area contributed by atoms with Crippen molar-refractivity contribution in [2.45, 2.75) is 32.4 Å². The fraction of sp³-hybridized carbons (Fsp3) is 1.00. The van der Waals surface area contributed by atoms with Crippen LogP contribution < -0.4 is 5.32 Å². The van der Waals surface area contributed by atoms with Gasteiger partial charge in [0.2, 0.25) is 0 Å². The fourth-order valence-electron chi connectivity index (χ4n) is 1.55. The van der Waals surface area contributed by atoms with E-state index in [4.69, 9.17) is 0 Å². The molecule has 0 radical (unpaired) electrons. The molecular formula is C9H19NO2S2. The summed E-state index contributed by atoms with van der Waals surface area (Å²) in [5.41, 5.74) is 0. The number of thioether (sulfide) groups is 1. The molecule has 1 heterocycles. The first-order valence-electron chi connectivity index (χ1n) is 5.07. The Morgan fingerprint density at radius 3 is 2.64 bits per heavy atom. The minimum absolute atomic E-state index is 0.210. The zero-order chi connectivity index (χ0) is 10.6. The van der Waals surface area contributed by atoms with Gasteiger partial charge in [0, 0.05) is 12.1 Å². The van der Waals surface area contributed by atoms with Gasteiger partial charge < -0.3 is 5.32 Å². The molecule has 0 aromatic heterocycles. The van der Waals surface area contributed by atoms with Crippen molar-refractivity contribution in [2.75, 3.05) is 23.0 Å². The molecular weight excluding hydrogens is 218 g/mol. The zero-order valence-electron chi connectivity index (χ0n) is 8.82. The highest BCUT2D eigenvalue weighted by Gasteiger charge is 2.33. The van der Waals surface area contributed by atoms with Crippen molar-refractivity contribution < 1.29 is 8.42 Å². The van der Waals surface area contributed by atoms with Crippen LogP contribution in [0.3, 0.4) is 0 Å². The lowest BCUT2D eigenvalue weighted by molar-refractivity contribution is 0.452. The Kier molecular flexibility index (Phi) is 4.73. The van der Waals surface area contributed by atoms with Gasteiger partial charge in [-0.05, 0) is 24.9 Å². The maximum absolute atomic E-state index is 10.9. The molecule has 0 aromatic rings. The van der Waals surface area contributed by atoms with Crippen molar-refractivity contribution >= 4 is 21.6 Å². The fourth-order valence-corrected chi connectivity index (χ4v) is 3.68. The molecule has 1 aliphatic rings. The van der Waals surface area contributed by atoms with Crippen molar-refractivity contribution in [1.82, 2.24) is 5.32 Å². The van der Waals surface area contributed by atoms with Gasteiger partial charge in [-0.15, -0.1) is 0 Å². The second-order valence-corrected chi connectivity index (χ2v) is 7.37. The van der Waals surface area contributed by atoms with Crippen LogP contribution in [0.4, 0.5) is 0 Å². The van der Waals surface area contributed by atoms with Gasteiger partial charge >= 0.3 is 0 Å². The highest BCUT2D eigenvalue weighted by atomic mass is 32.2. The third kappa shape index (κ3) is 4.19. The van der Waals surface area contributed by atoms with Crippen molar-refractivity contribution in [2.24, 2.45) is 0 Å². The van der Waals surface area contributed by atoms with E-state index in [1.54, 1.807) is 0 Å². The standard InChI is InChI=1S/C9H19NO2S2/c1-3-13-5-4-8(2)10-9-6-14(11,12)7-9/h8-10H,3-7H2,1-2H3. The summed E-state index contributed by atoms with van der Waals surface area (Å²) in [6.07, 6.45) is 1.12. The second-order valence-electron chi connectivity index (χ2n) is 3.83. The third-order valence-corrected chi connectivity index (χ3v) is 5.08. The maximum Gasteiger partial charge on any atom is 0.153 e. The monoisotopic (exact) mass is 237 g/mol. The lowest BCUT2D eigenvalue weighted by Gasteiger charge is -2.29. The zero-order valence-corrected chi connectivity index (χ0v) is 10.5. The number of hydrogen-bond acceptors (Lipinski definition) is 4. The Morgan fingerprint density at radius 2 is 2.14 bits per heavy atom. The molecule has 0 aromatic carbocycles. The van der Waals surface area contributed by atoms with E-state index in [9.17, 15) is 8.42 Å².